The molecule has 1 aromatic heterocycles. The molecule has 1 amide bonds. The van der Waals surface area contributed by atoms with E-state index in [1.54, 1.807) is 16.7 Å². The Morgan fingerprint density at radius 3 is 2.38 bits per heavy atom. The third-order valence-corrected chi connectivity index (χ3v) is 6.43. The van der Waals surface area contributed by atoms with Crippen LogP contribution in [-0.2, 0) is 12.3 Å². The molecule has 0 aliphatic rings. The highest BCUT2D eigenvalue weighted by atomic mass is 32.2. The van der Waals surface area contributed by atoms with Crippen molar-refractivity contribution in [2.75, 3.05) is 0 Å². The van der Waals surface area contributed by atoms with Gasteiger partial charge in [0, 0.05) is 17.4 Å². The number of hydrogen-bond donors (Lipinski definition) is 1. The lowest BCUT2D eigenvalue weighted by atomic mass is 10.1. The van der Waals surface area contributed by atoms with Gasteiger partial charge in [-0.05, 0) is 54.8 Å². The lowest BCUT2D eigenvalue weighted by Gasteiger charge is -2.14. The van der Waals surface area contributed by atoms with Crippen LogP contribution in [0.15, 0.2) is 89.3 Å². The van der Waals surface area contributed by atoms with Gasteiger partial charge in [-0.1, -0.05) is 72.9 Å². The summed E-state index contributed by atoms with van der Waals surface area (Å²) in [4.78, 5) is 30.4. The number of nitrogens with one attached hydrogen (secondary N) is 1. The molecule has 1 heterocycles. The SMILES string of the molecule is C=Cc1ccc(CSc2nc3ccccc3c(=O)n2Cc2ccc(C(=O)NC(C)C)cc2)cc1. The molecule has 34 heavy (non-hydrogen) atoms. The van der Waals surface area contributed by atoms with E-state index in [1.165, 1.54) is 11.8 Å². The summed E-state index contributed by atoms with van der Waals surface area (Å²) in [5.41, 5.74) is 4.35. The number of benzene rings is 3. The molecule has 172 valence electrons. The second-order valence-electron chi connectivity index (χ2n) is 8.36. The minimum atomic E-state index is -0.107. The van der Waals surface area contributed by atoms with Gasteiger partial charge in [0.25, 0.3) is 11.5 Å². The maximum atomic E-state index is 13.4. The van der Waals surface area contributed by atoms with Crippen molar-refractivity contribution in [2.45, 2.75) is 37.3 Å². The van der Waals surface area contributed by atoms with Crippen molar-refractivity contribution in [1.82, 2.24) is 14.9 Å². The summed E-state index contributed by atoms with van der Waals surface area (Å²) in [6, 6.07) is 23.0. The number of aromatic nitrogens is 2. The molecule has 5 nitrogen and oxygen atoms in total. The number of nitrogens with zero attached hydrogens (tertiary/aromatic N) is 2. The number of amides is 1. The van der Waals surface area contributed by atoms with Crippen molar-refractivity contribution >= 4 is 34.6 Å². The highest BCUT2D eigenvalue weighted by Crippen LogP contribution is 2.23. The smallest absolute Gasteiger partial charge is 0.262 e. The van der Waals surface area contributed by atoms with E-state index in [9.17, 15) is 9.59 Å². The summed E-state index contributed by atoms with van der Waals surface area (Å²) in [6.45, 7) is 8.03. The van der Waals surface area contributed by atoms with Crippen molar-refractivity contribution in [1.29, 1.82) is 0 Å². The van der Waals surface area contributed by atoms with E-state index in [-0.39, 0.29) is 17.5 Å². The molecule has 0 saturated heterocycles. The van der Waals surface area contributed by atoms with E-state index in [4.69, 9.17) is 4.98 Å². The first-order valence-corrected chi connectivity index (χ1v) is 12.2. The fraction of sp³-hybridized carbons (Fsp3) is 0.179. The molecule has 0 atom stereocenters. The van der Waals surface area contributed by atoms with Crippen molar-refractivity contribution in [3.05, 3.63) is 112 Å². The molecule has 3 aromatic carbocycles. The molecule has 0 fully saturated rings. The number of thioether (sulfide) groups is 1. The molecule has 4 aromatic rings. The summed E-state index contributed by atoms with van der Waals surface area (Å²) in [6.07, 6.45) is 1.82. The third kappa shape index (κ3) is 5.46. The number of carbonyl (C=O) groups excluding carboxylic acids is 1. The average molecular weight is 470 g/mol. The van der Waals surface area contributed by atoms with Crippen LogP contribution in [0.4, 0.5) is 0 Å². The van der Waals surface area contributed by atoms with Gasteiger partial charge in [0.1, 0.15) is 0 Å². The Kier molecular flexibility index (Phi) is 7.28. The van der Waals surface area contributed by atoms with Gasteiger partial charge in [-0.15, -0.1) is 0 Å². The predicted octanol–water partition coefficient (Wildman–Crippen LogP) is 5.52. The first-order valence-electron chi connectivity index (χ1n) is 11.2. The summed E-state index contributed by atoms with van der Waals surface area (Å²) < 4.78 is 1.72. The summed E-state index contributed by atoms with van der Waals surface area (Å²) in [7, 11) is 0. The Morgan fingerprint density at radius 1 is 1.03 bits per heavy atom. The average Bonchev–Trinajstić information content (AvgIpc) is 2.85. The summed E-state index contributed by atoms with van der Waals surface area (Å²) in [5.74, 6) is 0.584. The lowest BCUT2D eigenvalue weighted by Crippen LogP contribution is -2.30. The molecule has 4 rings (SSSR count). The first-order chi connectivity index (χ1) is 16.4. The Morgan fingerprint density at radius 2 is 1.71 bits per heavy atom. The van der Waals surface area contributed by atoms with Gasteiger partial charge >= 0.3 is 0 Å². The van der Waals surface area contributed by atoms with Crippen LogP contribution < -0.4 is 10.9 Å². The topological polar surface area (TPSA) is 64.0 Å². The Labute approximate surface area is 203 Å². The first kappa shape index (κ1) is 23.5. The zero-order chi connectivity index (χ0) is 24.1. The molecule has 1 N–H and O–H groups in total. The van der Waals surface area contributed by atoms with Gasteiger partial charge in [0.15, 0.2) is 5.16 Å². The summed E-state index contributed by atoms with van der Waals surface area (Å²) >= 11 is 1.54. The van der Waals surface area contributed by atoms with Gasteiger partial charge in [-0.2, -0.15) is 0 Å². The molecule has 6 heteroatoms. The van der Waals surface area contributed by atoms with Gasteiger partial charge in [-0.25, -0.2) is 4.98 Å². The van der Waals surface area contributed by atoms with Crippen LogP contribution in [0.1, 0.15) is 40.9 Å². The van der Waals surface area contributed by atoms with E-state index in [0.717, 1.165) is 16.7 Å². The number of rotatable bonds is 8. The Balaban J connectivity index is 1.63. The van der Waals surface area contributed by atoms with E-state index >= 15 is 0 Å². The zero-order valence-corrected chi connectivity index (χ0v) is 20.1. The number of fused-ring (bicyclic) bond motifs is 1. The second kappa shape index (κ2) is 10.5. The Hall–Kier alpha value is -3.64. The van der Waals surface area contributed by atoms with E-state index in [0.29, 0.717) is 33.9 Å². The fourth-order valence-electron chi connectivity index (χ4n) is 3.58. The quantitative estimate of drug-likeness (QED) is 0.273. The van der Waals surface area contributed by atoms with Gasteiger partial charge in [-0.3, -0.25) is 14.2 Å². The number of hydrogen-bond acceptors (Lipinski definition) is 4. The zero-order valence-electron chi connectivity index (χ0n) is 19.3. The molecule has 0 unspecified atom stereocenters. The number of para-hydroxylation sites is 1. The predicted molar refractivity (Wildman–Crippen MR) is 140 cm³/mol. The molecule has 0 aliphatic heterocycles. The molecule has 0 bridgehead atoms. The van der Waals surface area contributed by atoms with Crippen LogP contribution in [0.25, 0.3) is 17.0 Å². The van der Waals surface area contributed by atoms with Crippen LogP contribution in [0.2, 0.25) is 0 Å². The van der Waals surface area contributed by atoms with Gasteiger partial charge < -0.3 is 5.32 Å². The van der Waals surface area contributed by atoms with E-state index < -0.39 is 0 Å². The standard InChI is InChI=1S/C28H27N3O2S/c1-4-20-9-11-22(12-10-20)18-34-28-30-25-8-6-5-7-24(25)27(33)31(28)17-21-13-15-23(16-14-21)26(32)29-19(2)3/h4-16,19H,1,17-18H2,2-3H3,(H,29,32). The van der Waals surface area contributed by atoms with Crippen molar-refractivity contribution < 1.29 is 4.79 Å². The second-order valence-corrected chi connectivity index (χ2v) is 9.30. The Bertz CT molecular complexity index is 1370. The normalized spacial score (nSPS) is 11.0. The minimum Gasteiger partial charge on any atom is -0.350 e. The van der Waals surface area contributed by atoms with Crippen molar-refractivity contribution in [2.24, 2.45) is 0 Å². The maximum Gasteiger partial charge on any atom is 0.262 e. The van der Waals surface area contributed by atoms with E-state index in [2.05, 4.69) is 24.0 Å². The van der Waals surface area contributed by atoms with Gasteiger partial charge in [0.05, 0.1) is 17.4 Å². The van der Waals surface area contributed by atoms with Crippen LogP contribution in [0.5, 0.6) is 0 Å². The molecular weight excluding hydrogens is 442 g/mol. The minimum absolute atomic E-state index is 0.0713. The lowest BCUT2D eigenvalue weighted by molar-refractivity contribution is 0.0943. The monoisotopic (exact) mass is 469 g/mol. The van der Waals surface area contributed by atoms with Crippen LogP contribution in [0, 0.1) is 0 Å². The molecular formula is C28H27N3O2S. The van der Waals surface area contributed by atoms with Crippen LogP contribution in [-0.4, -0.2) is 21.5 Å². The van der Waals surface area contributed by atoms with Crippen LogP contribution >= 0.6 is 11.8 Å². The highest BCUT2D eigenvalue weighted by molar-refractivity contribution is 7.98. The van der Waals surface area contributed by atoms with Gasteiger partial charge in [0.2, 0.25) is 0 Å². The highest BCUT2D eigenvalue weighted by Gasteiger charge is 2.13. The fourth-order valence-corrected chi connectivity index (χ4v) is 4.54. The molecule has 0 spiro atoms. The summed E-state index contributed by atoms with van der Waals surface area (Å²) in [5, 5.41) is 4.15. The molecule has 0 saturated carbocycles. The van der Waals surface area contributed by atoms with Crippen molar-refractivity contribution in [3.8, 4) is 0 Å². The van der Waals surface area contributed by atoms with Crippen molar-refractivity contribution in [3.63, 3.8) is 0 Å². The largest absolute Gasteiger partial charge is 0.350 e. The maximum absolute atomic E-state index is 13.4. The number of carbonyl (C=O) groups is 1. The molecule has 0 radical (unpaired) electrons. The van der Waals surface area contributed by atoms with Crippen LogP contribution in [0.3, 0.4) is 0 Å². The molecule has 0 aliphatic carbocycles. The third-order valence-electron chi connectivity index (χ3n) is 5.39. The van der Waals surface area contributed by atoms with E-state index in [1.807, 2.05) is 68.5 Å².